The van der Waals surface area contributed by atoms with Crippen LogP contribution in [0, 0.1) is 0 Å². The normalized spacial score (nSPS) is 13.3. The second-order valence-corrected chi connectivity index (χ2v) is 5.00. The molecule has 0 spiro atoms. The molecule has 2 rings (SSSR count). The van der Waals surface area contributed by atoms with Crippen LogP contribution in [0.3, 0.4) is 0 Å². The molecule has 2 aromatic rings. The lowest BCUT2D eigenvalue weighted by Gasteiger charge is -2.12. The molecule has 8 heteroatoms. The number of alkyl halides is 3. The Morgan fingerprint density at radius 1 is 1.26 bits per heavy atom. The average molecular weight is 289 g/mol. The lowest BCUT2D eigenvalue weighted by Crippen LogP contribution is -2.17. The Labute approximate surface area is 111 Å². The van der Waals surface area contributed by atoms with Crippen molar-refractivity contribution in [2.45, 2.75) is 23.7 Å². The maximum atomic E-state index is 12.0. The van der Waals surface area contributed by atoms with E-state index in [0.717, 1.165) is 5.56 Å². The van der Waals surface area contributed by atoms with Gasteiger partial charge in [0.15, 0.2) is 5.16 Å². The lowest BCUT2D eigenvalue weighted by molar-refractivity contribution is -0.274. The number of benzene rings is 1. The van der Waals surface area contributed by atoms with E-state index < -0.39 is 6.36 Å². The van der Waals surface area contributed by atoms with E-state index in [2.05, 4.69) is 19.9 Å². The summed E-state index contributed by atoms with van der Waals surface area (Å²) in [5.74, 6) is -0.229. The van der Waals surface area contributed by atoms with Crippen molar-refractivity contribution in [1.29, 1.82) is 0 Å². The Bertz CT molecular complexity index is 513. The van der Waals surface area contributed by atoms with Gasteiger partial charge in [-0.15, -0.1) is 13.2 Å². The van der Waals surface area contributed by atoms with Gasteiger partial charge in [-0.1, -0.05) is 23.9 Å². The number of thioether (sulfide) groups is 1. The molecule has 1 atom stereocenters. The van der Waals surface area contributed by atoms with Crippen molar-refractivity contribution in [3.8, 4) is 5.75 Å². The Morgan fingerprint density at radius 3 is 2.47 bits per heavy atom. The molecule has 0 aliphatic rings. The molecule has 1 aromatic heterocycles. The van der Waals surface area contributed by atoms with Crippen LogP contribution in [0.1, 0.15) is 17.7 Å². The fourth-order valence-corrected chi connectivity index (χ4v) is 2.27. The van der Waals surface area contributed by atoms with Gasteiger partial charge in [0.05, 0.1) is 0 Å². The van der Waals surface area contributed by atoms with Gasteiger partial charge in [-0.3, -0.25) is 5.10 Å². The second kappa shape index (κ2) is 5.52. The monoisotopic (exact) mass is 289 g/mol. The van der Waals surface area contributed by atoms with Crippen molar-refractivity contribution >= 4 is 11.8 Å². The van der Waals surface area contributed by atoms with Crippen LogP contribution in [-0.4, -0.2) is 21.5 Å². The maximum absolute atomic E-state index is 12.0. The van der Waals surface area contributed by atoms with E-state index in [1.165, 1.54) is 30.2 Å². The van der Waals surface area contributed by atoms with E-state index in [-0.39, 0.29) is 11.0 Å². The van der Waals surface area contributed by atoms with Gasteiger partial charge in [0.1, 0.15) is 12.1 Å². The van der Waals surface area contributed by atoms with Crippen LogP contribution in [0.5, 0.6) is 5.75 Å². The summed E-state index contributed by atoms with van der Waals surface area (Å²) in [6, 6.07) is 5.77. The van der Waals surface area contributed by atoms with E-state index in [0.29, 0.717) is 5.16 Å². The van der Waals surface area contributed by atoms with Gasteiger partial charge in [-0.05, 0) is 24.6 Å². The fourth-order valence-electron chi connectivity index (χ4n) is 1.43. The topological polar surface area (TPSA) is 50.8 Å². The highest BCUT2D eigenvalue weighted by molar-refractivity contribution is 7.99. The van der Waals surface area contributed by atoms with Gasteiger partial charge >= 0.3 is 6.36 Å². The zero-order valence-electron chi connectivity index (χ0n) is 9.81. The number of halogens is 3. The summed E-state index contributed by atoms with van der Waals surface area (Å²) in [7, 11) is 0. The maximum Gasteiger partial charge on any atom is 0.573 e. The molecule has 0 saturated heterocycles. The van der Waals surface area contributed by atoms with Crippen molar-refractivity contribution in [2.24, 2.45) is 0 Å². The molecule has 1 N–H and O–H groups in total. The molecule has 0 bridgehead atoms. The Hall–Kier alpha value is -1.70. The zero-order valence-corrected chi connectivity index (χ0v) is 10.6. The van der Waals surface area contributed by atoms with E-state index in [1.54, 1.807) is 12.1 Å². The predicted octanol–water partition coefficient (Wildman–Crippen LogP) is 3.56. The molecule has 0 fully saturated rings. The third-order valence-electron chi connectivity index (χ3n) is 2.26. The summed E-state index contributed by atoms with van der Waals surface area (Å²) in [5, 5.41) is 7.12. The molecular formula is C11H10F3N3OS. The molecule has 19 heavy (non-hydrogen) atoms. The summed E-state index contributed by atoms with van der Waals surface area (Å²) < 4.78 is 39.8. The molecule has 1 heterocycles. The Kier molecular flexibility index (Phi) is 3.98. The van der Waals surface area contributed by atoms with E-state index in [1.807, 2.05) is 6.92 Å². The van der Waals surface area contributed by atoms with Crippen LogP contribution in [0.2, 0.25) is 0 Å². The molecule has 0 unspecified atom stereocenters. The highest BCUT2D eigenvalue weighted by Crippen LogP contribution is 2.33. The zero-order chi connectivity index (χ0) is 13.9. The SMILES string of the molecule is C[C@H](Sc1ncn[nH]1)c1ccc(OC(F)(F)F)cc1. The number of hydrogen-bond donors (Lipinski definition) is 1. The smallest absolute Gasteiger partial charge is 0.406 e. The Balaban J connectivity index is 2.01. The van der Waals surface area contributed by atoms with Gasteiger partial charge < -0.3 is 4.74 Å². The Morgan fingerprint density at radius 2 is 1.95 bits per heavy atom. The molecule has 1 aromatic carbocycles. The molecule has 0 saturated carbocycles. The van der Waals surface area contributed by atoms with Crippen LogP contribution < -0.4 is 4.74 Å². The number of nitrogens with one attached hydrogen (secondary N) is 1. The number of rotatable bonds is 4. The van der Waals surface area contributed by atoms with E-state index >= 15 is 0 Å². The third kappa shape index (κ3) is 4.16. The summed E-state index contributed by atoms with van der Waals surface area (Å²) >= 11 is 1.43. The second-order valence-electron chi connectivity index (χ2n) is 3.67. The summed E-state index contributed by atoms with van der Waals surface area (Å²) in [6.07, 6.45) is -3.27. The number of H-pyrrole nitrogens is 1. The minimum absolute atomic E-state index is 0.0351. The molecule has 102 valence electrons. The first-order valence-electron chi connectivity index (χ1n) is 5.32. The lowest BCUT2D eigenvalue weighted by atomic mass is 10.2. The summed E-state index contributed by atoms with van der Waals surface area (Å²) in [5.41, 5.74) is 0.871. The molecule has 0 amide bonds. The first-order chi connectivity index (χ1) is 8.94. The summed E-state index contributed by atoms with van der Waals surface area (Å²) in [4.78, 5) is 3.97. The first-order valence-corrected chi connectivity index (χ1v) is 6.20. The molecular weight excluding hydrogens is 279 g/mol. The van der Waals surface area contributed by atoms with Crippen molar-refractivity contribution in [2.75, 3.05) is 0 Å². The van der Waals surface area contributed by atoms with Crippen molar-refractivity contribution in [1.82, 2.24) is 15.2 Å². The van der Waals surface area contributed by atoms with Crippen LogP contribution in [0.15, 0.2) is 35.7 Å². The molecule has 0 aliphatic heterocycles. The van der Waals surface area contributed by atoms with Crippen LogP contribution in [-0.2, 0) is 0 Å². The van der Waals surface area contributed by atoms with Crippen LogP contribution in [0.25, 0.3) is 0 Å². The first kappa shape index (κ1) is 13.7. The predicted molar refractivity (Wildman–Crippen MR) is 63.8 cm³/mol. The van der Waals surface area contributed by atoms with Crippen molar-refractivity contribution in [3.63, 3.8) is 0 Å². The van der Waals surface area contributed by atoms with Gasteiger partial charge in [-0.25, -0.2) is 4.98 Å². The van der Waals surface area contributed by atoms with Crippen molar-refractivity contribution in [3.05, 3.63) is 36.2 Å². The van der Waals surface area contributed by atoms with E-state index in [4.69, 9.17) is 0 Å². The third-order valence-corrected chi connectivity index (χ3v) is 3.31. The van der Waals surface area contributed by atoms with E-state index in [9.17, 15) is 13.2 Å². The number of aromatic nitrogens is 3. The number of aromatic amines is 1. The van der Waals surface area contributed by atoms with Gasteiger partial charge in [0.25, 0.3) is 0 Å². The minimum atomic E-state index is -4.66. The largest absolute Gasteiger partial charge is 0.573 e. The molecule has 0 radical (unpaired) electrons. The van der Waals surface area contributed by atoms with Gasteiger partial charge in [0.2, 0.25) is 0 Å². The highest BCUT2D eigenvalue weighted by Gasteiger charge is 2.31. The molecule has 0 aliphatic carbocycles. The van der Waals surface area contributed by atoms with Crippen LogP contribution >= 0.6 is 11.8 Å². The van der Waals surface area contributed by atoms with Gasteiger partial charge in [-0.2, -0.15) is 5.10 Å². The number of ether oxygens (including phenoxy) is 1. The quantitative estimate of drug-likeness (QED) is 0.874. The molecule has 4 nitrogen and oxygen atoms in total. The average Bonchev–Trinajstić information content (AvgIpc) is 2.80. The standard InChI is InChI=1S/C11H10F3N3OS/c1-7(19-10-15-6-16-17-10)8-2-4-9(5-3-8)18-11(12,13)14/h2-7H,1H3,(H,15,16,17)/t7-/m0/s1. The van der Waals surface area contributed by atoms with Crippen LogP contribution in [0.4, 0.5) is 13.2 Å². The highest BCUT2D eigenvalue weighted by atomic mass is 32.2. The fraction of sp³-hybridized carbons (Fsp3) is 0.273. The summed E-state index contributed by atoms with van der Waals surface area (Å²) in [6.45, 7) is 1.92. The number of nitrogens with zero attached hydrogens (tertiary/aromatic N) is 2. The van der Waals surface area contributed by atoms with Crippen molar-refractivity contribution < 1.29 is 17.9 Å². The minimum Gasteiger partial charge on any atom is -0.406 e. The number of hydrogen-bond acceptors (Lipinski definition) is 4. The van der Waals surface area contributed by atoms with Gasteiger partial charge in [0, 0.05) is 5.25 Å².